The second kappa shape index (κ2) is 12.5. The van der Waals surface area contributed by atoms with Crippen molar-refractivity contribution in [3.63, 3.8) is 0 Å². The Morgan fingerprint density at radius 2 is 0.865 bits per heavy atom. The number of hydrogen-bond donors (Lipinski definition) is 0. The van der Waals surface area contributed by atoms with Crippen molar-refractivity contribution in [3.05, 3.63) is 200 Å². The third kappa shape index (κ3) is 5.04. The molecule has 1 heterocycles. The van der Waals surface area contributed by atoms with E-state index in [-0.39, 0.29) is 0 Å². The van der Waals surface area contributed by atoms with Crippen LogP contribution in [0.3, 0.4) is 0 Å². The summed E-state index contributed by atoms with van der Waals surface area (Å²) in [6.07, 6.45) is 0. The summed E-state index contributed by atoms with van der Waals surface area (Å²) < 4.78 is 6.75. The SMILES string of the molecule is c1ccc(-c2ccc(N(c3ccc(-c4cccc5ccccc45)cc3)c3cccc4oc5cc(-c6ccccc6)c6ccccc6c5c34)cc2)cc1. The number of nitrogens with zero attached hydrogens (tertiary/aromatic N) is 1. The van der Waals surface area contributed by atoms with Crippen molar-refractivity contribution in [1.29, 1.82) is 0 Å². The van der Waals surface area contributed by atoms with E-state index in [1.807, 2.05) is 0 Å². The van der Waals surface area contributed by atoms with Crippen LogP contribution in [0.1, 0.15) is 0 Å². The second-order valence-corrected chi connectivity index (χ2v) is 13.3. The quantitative estimate of drug-likeness (QED) is 0.176. The molecular weight excluding hydrogens is 631 g/mol. The molecule has 0 unspecified atom stereocenters. The van der Waals surface area contributed by atoms with Crippen LogP contribution in [-0.2, 0) is 0 Å². The van der Waals surface area contributed by atoms with Gasteiger partial charge in [-0.05, 0) is 97.4 Å². The fourth-order valence-corrected chi connectivity index (χ4v) is 7.83. The summed E-state index contributed by atoms with van der Waals surface area (Å²) in [6, 6.07) is 71.5. The third-order valence-corrected chi connectivity index (χ3v) is 10.3. The number of benzene rings is 9. The van der Waals surface area contributed by atoms with Crippen LogP contribution in [0.15, 0.2) is 205 Å². The van der Waals surface area contributed by atoms with Crippen molar-refractivity contribution in [2.45, 2.75) is 0 Å². The van der Waals surface area contributed by atoms with E-state index in [2.05, 4.69) is 205 Å². The first-order chi connectivity index (χ1) is 25.8. The minimum absolute atomic E-state index is 0.862. The lowest BCUT2D eigenvalue weighted by Gasteiger charge is -2.27. The molecule has 0 aliphatic heterocycles. The summed E-state index contributed by atoms with van der Waals surface area (Å²) in [7, 11) is 0. The molecule has 0 spiro atoms. The first-order valence-corrected chi connectivity index (χ1v) is 17.8. The molecule has 1 aromatic heterocycles. The van der Waals surface area contributed by atoms with E-state index in [9.17, 15) is 0 Å². The fraction of sp³-hybridized carbons (Fsp3) is 0. The van der Waals surface area contributed by atoms with Crippen LogP contribution in [0, 0.1) is 0 Å². The summed E-state index contributed by atoms with van der Waals surface area (Å²) in [5.74, 6) is 0. The molecule has 0 radical (unpaired) electrons. The molecule has 10 rings (SSSR count). The Morgan fingerprint density at radius 3 is 1.60 bits per heavy atom. The van der Waals surface area contributed by atoms with Gasteiger partial charge < -0.3 is 9.32 Å². The number of furan rings is 1. The van der Waals surface area contributed by atoms with E-state index in [0.717, 1.165) is 39.0 Å². The maximum Gasteiger partial charge on any atom is 0.137 e. The third-order valence-electron chi connectivity index (χ3n) is 10.3. The number of rotatable bonds is 6. The van der Waals surface area contributed by atoms with E-state index in [1.54, 1.807) is 0 Å². The Labute approximate surface area is 302 Å². The number of hydrogen-bond acceptors (Lipinski definition) is 2. The highest BCUT2D eigenvalue weighted by atomic mass is 16.3. The van der Waals surface area contributed by atoms with Gasteiger partial charge >= 0.3 is 0 Å². The fourth-order valence-electron chi connectivity index (χ4n) is 7.83. The molecule has 52 heavy (non-hydrogen) atoms. The Hall–Kier alpha value is -6.90. The van der Waals surface area contributed by atoms with Gasteiger partial charge in [-0.25, -0.2) is 0 Å². The molecule has 0 bridgehead atoms. The van der Waals surface area contributed by atoms with E-state index < -0.39 is 0 Å². The minimum atomic E-state index is 0.862. The van der Waals surface area contributed by atoms with E-state index in [1.165, 1.54) is 54.9 Å². The van der Waals surface area contributed by atoms with Crippen molar-refractivity contribution >= 4 is 60.5 Å². The smallest absolute Gasteiger partial charge is 0.137 e. The van der Waals surface area contributed by atoms with Crippen LogP contribution < -0.4 is 4.90 Å². The van der Waals surface area contributed by atoms with Crippen LogP contribution in [0.5, 0.6) is 0 Å². The van der Waals surface area contributed by atoms with Gasteiger partial charge in [-0.1, -0.05) is 158 Å². The van der Waals surface area contributed by atoms with Gasteiger partial charge in [0, 0.05) is 16.8 Å². The molecular formula is C50H33NO. The highest BCUT2D eigenvalue weighted by Crippen LogP contribution is 2.47. The lowest BCUT2D eigenvalue weighted by Crippen LogP contribution is -2.10. The molecule has 0 saturated carbocycles. The van der Waals surface area contributed by atoms with E-state index >= 15 is 0 Å². The molecule has 0 amide bonds. The lowest BCUT2D eigenvalue weighted by molar-refractivity contribution is 0.669. The average molecular weight is 664 g/mol. The molecule has 0 aliphatic rings. The molecule has 0 aliphatic carbocycles. The van der Waals surface area contributed by atoms with Crippen LogP contribution in [0.4, 0.5) is 17.1 Å². The van der Waals surface area contributed by atoms with Crippen LogP contribution >= 0.6 is 0 Å². The second-order valence-electron chi connectivity index (χ2n) is 13.3. The molecule has 10 aromatic rings. The normalized spacial score (nSPS) is 11.5. The Kier molecular flexibility index (Phi) is 7.18. The highest BCUT2D eigenvalue weighted by molar-refractivity contribution is 6.25. The summed E-state index contributed by atoms with van der Waals surface area (Å²) in [5, 5.41) is 7.10. The summed E-state index contributed by atoms with van der Waals surface area (Å²) in [5.41, 5.74) is 12.1. The molecule has 0 fully saturated rings. The van der Waals surface area contributed by atoms with Crippen molar-refractivity contribution < 1.29 is 4.42 Å². The van der Waals surface area contributed by atoms with E-state index in [0.29, 0.717) is 0 Å². The summed E-state index contributed by atoms with van der Waals surface area (Å²) >= 11 is 0. The van der Waals surface area contributed by atoms with Gasteiger partial charge in [0.05, 0.1) is 11.1 Å². The Balaban J connectivity index is 1.19. The maximum absolute atomic E-state index is 6.75. The molecule has 2 nitrogen and oxygen atoms in total. The molecule has 2 heteroatoms. The molecule has 9 aromatic carbocycles. The van der Waals surface area contributed by atoms with Crippen molar-refractivity contribution in [2.24, 2.45) is 0 Å². The zero-order chi connectivity index (χ0) is 34.4. The standard InChI is InChI=1S/C50H33NO/c1-3-13-34(14-4-1)35-25-29-39(30-26-35)51(40-31-27-38(28-32-40)42-22-11-18-36-17-7-8-19-41(36)42)46-23-12-24-47-50(46)49-44-21-10-9-20-43(44)45(33-48(49)52-47)37-15-5-2-6-16-37/h1-33H. The predicted octanol–water partition coefficient (Wildman–Crippen LogP) is 14.4. The minimum Gasteiger partial charge on any atom is -0.456 e. The molecule has 244 valence electrons. The van der Waals surface area contributed by atoms with Crippen molar-refractivity contribution in [2.75, 3.05) is 4.90 Å². The van der Waals surface area contributed by atoms with Gasteiger partial charge in [-0.2, -0.15) is 0 Å². The topological polar surface area (TPSA) is 16.4 Å². The zero-order valence-electron chi connectivity index (χ0n) is 28.4. The first-order valence-electron chi connectivity index (χ1n) is 17.8. The molecule has 0 N–H and O–H groups in total. The predicted molar refractivity (Wildman–Crippen MR) is 220 cm³/mol. The maximum atomic E-state index is 6.75. The molecule has 0 saturated heterocycles. The monoisotopic (exact) mass is 663 g/mol. The Bertz CT molecular complexity index is 2870. The van der Waals surface area contributed by atoms with E-state index in [4.69, 9.17) is 4.42 Å². The molecule has 0 atom stereocenters. The summed E-state index contributed by atoms with van der Waals surface area (Å²) in [6.45, 7) is 0. The number of fused-ring (bicyclic) bond motifs is 6. The first kappa shape index (κ1) is 30.0. The highest BCUT2D eigenvalue weighted by Gasteiger charge is 2.22. The van der Waals surface area contributed by atoms with Gasteiger partial charge in [-0.3, -0.25) is 0 Å². The lowest BCUT2D eigenvalue weighted by atomic mass is 9.94. The van der Waals surface area contributed by atoms with Crippen LogP contribution in [-0.4, -0.2) is 0 Å². The van der Waals surface area contributed by atoms with Crippen LogP contribution in [0.25, 0.3) is 76.9 Å². The Morgan fingerprint density at radius 1 is 0.327 bits per heavy atom. The van der Waals surface area contributed by atoms with Gasteiger partial charge in [0.25, 0.3) is 0 Å². The van der Waals surface area contributed by atoms with Crippen molar-refractivity contribution in [3.8, 4) is 33.4 Å². The van der Waals surface area contributed by atoms with Gasteiger partial charge in [0.2, 0.25) is 0 Å². The van der Waals surface area contributed by atoms with Gasteiger partial charge in [0.1, 0.15) is 11.2 Å². The van der Waals surface area contributed by atoms with Crippen molar-refractivity contribution in [1.82, 2.24) is 0 Å². The average Bonchev–Trinajstić information content (AvgIpc) is 3.61. The largest absolute Gasteiger partial charge is 0.456 e. The summed E-state index contributed by atoms with van der Waals surface area (Å²) in [4.78, 5) is 2.37. The zero-order valence-corrected chi connectivity index (χ0v) is 28.4. The van der Waals surface area contributed by atoms with Crippen LogP contribution in [0.2, 0.25) is 0 Å². The van der Waals surface area contributed by atoms with Gasteiger partial charge in [-0.15, -0.1) is 0 Å². The number of anilines is 3. The van der Waals surface area contributed by atoms with Gasteiger partial charge in [0.15, 0.2) is 0 Å².